The van der Waals surface area contributed by atoms with Crippen molar-refractivity contribution >= 4 is 33.7 Å². The topological polar surface area (TPSA) is 62.1 Å². The van der Waals surface area contributed by atoms with E-state index in [0.29, 0.717) is 11.6 Å². The van der Waals surface area contributed by atoms with Gasteiger partial charge < -0.3 is 0 Å². The predicted molar refractivity (Wildman–Crippen MR) is 116 cm³/mol. The van der Waals surface area contributed by atoms with Gasteiger partial charge in [-0.3, -0.25) is 5.01 Å². The molecule has 0 saturated heterocycles. The number of sulfonamides is 1. The van der Waals surface area contributed by atoms with Crippen LogP contribution in [0.15, 0.2) is 99.3 Å². The van der Waals surface area contributed by atoms with Gasteiger partial charge in [-0.05, 0) is 35.4 Å². The van der Waals surface area contributed by atoms with Crippen LogP contribution in [0.3, 0.4) is 0 Å². The predicted octanol–water partition coefficient (Wildman–Crippen LogP) is 4.56. The van der Waals surface area contributed by atoms with E-state index >= 15 is 0 Å². The molecule has 0 amide bonds. The largest absolute Gasteiger partial charge is 0.283 e. The van der Waals surface area contributed by atoms with Crippen LogP contribution in [0.1, 0.15) is 17.0 Å². The molecule has 146 valence electrons. The van der Waals surface area contributed by atoms with E-state index in [-0.39, 0.29) is 10.8 Å². The molecule has 0 radical (unpaired) electrons. The van der Waals surface area contributed by atoms with Crippen LogP contribution in [0.5, 0.6) is 0 Å². The van der Waals surface area contributed by atoms with Crippen LogP contribution in [-0.2, 0) is 10.0 Å². The molecule has 0 aromatic heterocycles. The van der Waals surface area contributed by atoms with Crippen molar-refractivity contribution in [3.05, 3.63) is 101 Å². The molecular weight excluding hydrogens is 406 g/mol. The average Bonchev–Trinajstić information content (AvgIpc) is 3.19. The summed E-state index contributed by atoms with van der Waals surface area (Å²) in [6.07, 6.45) is 1.28. The van der Waals surface area contributed by atoms with E-state index in [1.165, 1.54) is 18.5 Å². The molecule has 0 spiro atoms. The first-order valence-corrected chi connectivity index (χ1v) is 10.9. The molecule has 3 aromatic rings. The number of rotatable bonds is 5. The van der Waals surface area contributed by atoms with Crippen molar-refractivity contribution in [1.29, 1.82) is 0 Å². The summed E-state index contributed by atoms with van der Waals surface area (Å²) in [5.41, 5.74) is 2.88. The van der Waals surface area contributed by atoms with Gasteiger partial charge in [0.1, 0.15) is 6.34 Å². The fraction of sp³-hybridized carbons (Fsp3) is 0.0909. The average molecular weight is 424 g/mol. The van der Waals surface area contributed by atoms with Crippen LogP contribution in [0.2, 0.25) is 5.02 Å². The summed E-state index contributed by atoms with van der Waals surface area (Å²) < 4.78 is 28.7. The Morgan fingerprint density at radius 2 is 1.55 bits per heavy atom. The molecule has 0 N–H and O–H groups in total. The van der Waals surface area contributed by atoms with Gasteiger partial charge in [0.2, 0.25) is 0 Å². The van der Waals surface area contributed by atoms with Crippen molar-refractivity contribution in [2.45, 2.75) is 10.8 Å². The zero-order chi connectivity index (χ0) is 20.3. The highest BCUT2D eigenvalue weighted by Gasteiger charge is 2.29. The zero-order valence-electron chi connectivity index (χ0n) is 15.4. The van der Waals surface area contributed by atoms with E-state index in [4.69, 9.17) is 11.6 Å². The molecule has 29 heavy (non-hydrogen) atoms. The standard InChI is InChI=1S/C22H18ClN3O2S/c23-19-13-11-18(12-14-19)22-21(17-7-3-1-4-8-17)15-26(25-22)16-24-29(27,28)20-9-5-2-6-10-20/h1-14,16,21H,15H2/b24-16+/t21-/m1/s1. The molecule has 1 atom stereocenters. The molecule has 0 bridgehead atoms. The molecule has 3 aromatic carbocycles. The molecule has 1 aliphatic heterocycles. The van der Waals surface area contributed by atoms with E-state index in [1.807, 2.05) is 54.6 Å². The smallest absolute Gasteiger partial charge is 0.252 e. The van der Waals surface area contributed by atoms with Crippen molar-refractivity contribution in [2.75, 3.05) is 6.54 Å². The van der Waals surface area contributed by atoms with E-state index in [9.17, 15) is 8.42 Å². The van der Waals surface area contributed by atoms with Crippen LogP contribution in [0, 0.1) is 0 Å². The van der Waals surface area contributed by atoms with Crippen LogP contribution >= 0.6 is 11.6 Å². The lowest BCUT2D eigenvalue weighted by Gasteiger charge is -2.13. The van der Waals surface area contributed by atoms with Crippen molar-refractivity contribution in [3.8, 4) is 0 Å². The van der Waals surface area contributed by atoms with Crippen molar-refractivity contribution in [1.82, 2.24) is 5.01 Å². The summed E-state index contributed by atoms with van der Waals surface area (Å²) in [6, 6.07) is 25.6. The molecule has 0 fully saturated rings. The Labute approximate surface area is 175 Å². The quantitative estimate of drug-likeness (QED) is 0.446. The minimum atomic E-state index is -3.78. The minimum absolute atomic E-state index is 0.0109. The van der Waals surface area contributed by atoms with Crippen LogP contribution < -0.4 is 0 Å². The SMILES string of the molecule is O=S(=O)(/N=C/N1C[C@H](c2ccccc2)C(c2ccc(Cl)cc2)=N1)c1ccccc1. The third-order valence-electron chi connectivity index (χ3n) is 4.64. The maximum atomic E-state index is 12.4. The van der Waals surface area contributed by atoms with Gasteiger partial charge in [-0.2, -0.15) is 13.5 Å². The molecule has 4 rings (SSSR count). The summed E-state index contributed by atoms with van der Waals surface area (Å²) in [7, 11) is -3.78. The Morgan fingerprint density at radius 3 is 2.21 bits per heavy atom. The summed E-state index contributed by atoms with van der Waals surface area (Å²) in [5, 5.41) is 6.86. The summed E-state index contributed by atoms with van der Waals surface area (Å²) in [4.78, 5) is 0.150. The van der Waals surface area contributed by atoms with Crippen molar-refractivity contribution in [2.24, 2.45) is 9.50 Å². The Morgan fingerprint density at radius 1 is 0.931 bits per heavy atom. The number of hydrogen-bond donors (Lipinski definition) is 0. The number of hydrogen-bond acceptors (Lipinski definition) is 3. The zero-order valence-corrected chi connectivity index (χ0v) is 17.0. The number of nitrogens with zero attached hydrogens (tertiary/aromatic N) is 3. The second-order valence-corrected chi connectivity index (χ2v) is 8.66. The number of hydrazone groups is 1. The highest BCUT2D eigenvalue weighted by atomic mass is 35.5. The number of halogens is 1. The first-order chi connectivity index (χ1) is 14.0. The van der Waals surface area contributed by atoms with Gasteiger partial charge in [0.05, 0.1) is 17.2 Å². The maximum Gasteiger partial charge on any atom is 0.283 e. The molecular formula is C22H18ClN3O2S. The van der Waals surface area contributed by atoms with E-state index in [1.54, 1.807) is 23.2 Å². The molecule has 5 nitrogen and oxygen atoms in total. The monoisotopic (exact) mass is 423 g/mol. The van der Waals surface area contributed by atoms with E-state index < -0.39 is 10.0 Å². The van der Waals surface area contributed by atoms with E-state index in [2.05, 4.69) is 9.50 Å². The van der Waals surface area contributed by atoms with Gasteiger partial charge >= 0.3 is 0 Å². The van der Waals surface area contributed by atoms with Gasteiger partial charge in [-0.25, -0.2) is 0 Å². The molecule has 0 saturated carbocycles. The van der Waals surface area contributed by atoms with Gasteiger partial charge in [0.15, 0.2) is 0 Å². The summed E-state index contributed by atoms with van der Waals surface area (Å²) in [6.45, 7) is 0.496. The fourth-order valence-corrected chi connectivity index (χ4v) is 4.18. The number of benzene rings is 3. The van der Waals surface area contributed by atoms with Gasteiger partial charge in [0.25, 0.3) is 10.0 Å². The lowest BCUT2D eigenvalue weighted by atomic mass is 9.91. The highest BCUT2D eigenvalue weighted by molar-refractivity contribution is 7.90. The first kappa shape index (κ1) is 19.4. The van der Waals surface area contributed by atoms with Crippen LogP contribution in [-0.4, -0.2) is 32.0 Å². The van der Waals surface area contributed by atoms with Gasteiger partial charge in [-0.1, -0.05) is 72.3 Å². The minimum Gasteiger partial charge on any atom is -0.252 e. The van der Waals surface area contributed by atoms with Gasteiger partial charge in [0, 0.05) is 10.9 Å². The molecule has 1 heterocycles. The first-order valence-electron chi connectivity index (χ1n) is 9.04. The van der Waals surface area contributed by atoms with Crippen LogP contribution in [0.4, 0.5) is 0 Å². The highest BCUT2D eigenvalue weighted by Crippen LogP contribution is 2.28. The Kier molecular flexibility index (Phi) is 5.47. The fourth-order valence-electron chi connectivity index (χ4n) is 3.19. The third kappa shape index (κ3) is 4.39. The maximum absolute atomic E-state index is 12.4. The summed E-state index contributed by atoms with van der Waals surface area (Å²) >= 11 is 6.02. The van der Waals surface area contributed by atoms with Crippen LogP contribution in [0.25, 0.3) is 0 Å². The molecule has 7 heteroatoms. The van der Waals surface area contributed by atoms with Gasteiger partial charge in [-0.15, -0.1) is 4.40 Å². The second kappa shape index (κ2) is 8.19. The normalized spacial score (nSPS) is 16.9. The lowest BCUT2D eigenvalue weighted by molar-refractivity contribution is 0.489. The van der Waals surface area contributed by atoms with Crippen molar-refractivity contribution < 1.29 is 8.42 Å². The van der Waals surface area contributed by atoms with Crippen molar-refractivity contribution in [3.63, 3.8) is 0 Å². The Hall–Kier alpha value is -2.96. The molecule has 1 aliphatic rings. The lowest BCUT2D eigenvalue weighted by Crippen LogP contribution is -2.18. The Bertz CT molecular complexity index is 1150. The second-order valence-electron chi connectivity index (χ2n) is 6.59. The summed E-state index contributed by atoms with van der Waals surface area (Å²) in [5.74, 6) is -0.0109. The van der Waals surface area contributed by atoms with E-state index in [0.717, 1.165) is 16.8 Å². The third-order valence-corrected chi connectivity index (χ3v) is 6.13. The molecule has 0 aliphatic carbocycles. The molecule has 0 unspecified atom stereocenters. The Balaban J connectivity index is 1.65.